The molecule has 2 aliphatic rings. The molecule has 0 spiro atoms. The van der Waals surface area contributed by atoms with E-state index in [9.17, 15) is 9.59 Å². The lowest BCUT2D eigenvalue weighted by Gasteiger charge is -2.39. The highest BCUT2D eigenvalue weighted by Gasteiger charge is 2.30. The van der Waals surface area contributed by atoms with Gasteiger partial charge < -0.3 is 4.90 Å². The number of piperazine rings is 1. The summed E-state index contributed by atoms with van der Waals surface area (Å²) in [5.41, 5.74) is 0. The number of carbonyl (C=O) groups excluding carboxylic acids is 2. The Labute approximate surface area is 96.6 Å². The van der Waals surface area contributed by atoms with Gasteiger partial charge in [-0.3, -0.25) is 14.5 Å². The van der Waals surface area contributed by atoms with Gasteiger partial charge in [-0.15, -0.1) is 0 Å². The quantitative estimate of drug-likeness (QED) is 0.657. The smallest absolute Gasteiger partial charge is 0.219 e. The van der Waals surface area contributed by atoms with Crippen molar-refractivity contribution >= 4 is 11.7 Å². The van der Waals surface area contributed by atoms with Gasteiger partial charge >= 0.3 is 0 Å². The molecule has 1 amide bonds. The molecule has 0 bridgehead atoms. The third kappa shape index (κ3) is 2.43. The van der Waals surface area contributed by atoms with Crippen LogP contribution in [0.4, 0.5) is 0 Å². The van der Waals surface area contributed by atoms with Gasteiger partial charge in [-0.25, -0.2) is 0 Å². The lowest BCUT2D eigenvalue weighted by atomic mass is 9.92. The van der Waals surface area contributed by atoms with E-state index in [-0.39, 0.29) is 11.9 Å². The second-order valence-corrected chi connectivity index (χ2v) is 4.77. The molecule has 16 heavy (non-hydrogen) atoms. The number of hydrogen-bond acceptors (Lipinski definition) is 3. The average molecular weight is 224 g/mol. The van der Waals surface area contributed by atoms with Crippen LogP contribution in [0.2, 0.25) is 0 Å². The third-order valence-corrected chi connectivity index (χ3v) is 3.72. The van der Waals surface area contributed by atoms with Gasteiger partial charge in [0.2, 0.25) is 5.91 Å². The molecule has 1 saturated carbocycles. The van der Waals surface area contributed by atoms with Crippen molar-refractivity contribution in [1.82, 2.24) is 9.80 Å². The second kappa shape index (κ2) is 4.95. The topological polar surface area (TPSA) is 40.6 Å². The van der Waals surface area contributed by atoms with E-state index in [0.717, 1.165) is 45.4 Å². The molecule has 2 rings (SSSR count). The number of carbonyl (C=O) groups is 2. The van der Waals surface area contributed by atoms with Gasteiger partial charge in [0.15, 0.2) is 0 Å². The summed E-state index contributed by atoms with van der Waals surface area (Å²) in [5, 5.41) is 0. The zero-order chi connectivity index (χ0) is 11.5. The summed E-state index contributed by atoms with van der Waals surface area (Å²) in [5.74, 6) is 0.553. The molecule has 4 nitrogen and oxygen atoms in total. The molecule has 4 heteroatoms. The highest BCUT2D eigenvalue weighted by atomic mass is 16.2. The van der Waals surface area contributed by atoms with E-state index in [1.807, 2.05) is 4.90 Å². The van der Waals surface area contributed by atoms with Crippen LogP contribution < -0.4 is 0 Å². The van der Waals surface area contributed by atoms with Crippen molar-refractivity contribution in [3.05, 3.63) is 0 Å². The van der Waals surface area contributed by atoms with Crippen molar-refractivity contribution in [2.24, 2.45) is 0 Å². The monoisotopic (exact) mass is 224 g/mol. The molecule has 1 unspecified atom stereocenters. The normalized spacial score (nSPS) is 28.2. The van der Waals surface area contributed by atoms with E-state index in [1.165, 1.54) is 6.42 Å². The number of nitrogens with zero attached hydrogens (tertiary/aromatic N) is 2. The maximum absolute atomic E-state index is 11.8. The predicted octanol–water partition coefficient (Wildman–Crippen LogP) is 0.662. The number of rotatable bonds is 1. The summed E-state index contributed by atoms with van der Waals surface area (Å²) in [6.07, 6.45) is 3.99. The Balaban J connectivity index is 1.88. The lowest BCUT2D eigenvalue weighted by Crippen LogP contribution is -2.54. The van der Waals surface area contributed by atoms with E-state index in [2.05, 4.69) is 4.90 Å². The van der Waals surface area contributed by atoms with Crippen LogP contribution in [0.1, 0.15) is 32.6 Å². The van der Waals surface area contributed by atoms with E-state index in [0.29, 0.717) is 5.78 Å². The van der Waals surface area contributed by atoms with Crippen LogP contribution in [0.25, 0.3) is 0 Å². The number of amides is 1. The first-order valence-electron chi connectivity index (χ1n) is 6.21. The fraction of sp³-hybridized carbons (Fsp3) is 0.833. The maximum Gasteiger partial charge on any atom is 0.219 e. The predicted molar refractivity (Wildman–Crippen MR) is 61.1 cm³/mol. The molecule has 0 aromatic rings. The van der Waals surface area contributed by atoms with Crippen molar-refractivity contribution in [3.8, 4) is 0 Å². The van der Waals surface area contributed by atoms with Crippen molar-refractivity contribution in [2.75, 3.05) is 26.2 Å². The molecule has 90 valence electrons. The summed E-state index contributed by atoms with van der Waals surface area (Å²) >= 11 is 0. The molecule has 1 aliphatic heterocycles. The molecular formula is C12H20N2O2. The lowest BCUT2D eigenvalue weighted by molar-refractivity contribution is -0.132. The van der Waals surface area contributed by atoms with Crippen molar-refractivity contribution in [1.29, 1.82) is 0 Å². The van der Waals surface area contributed by atoms with E-state index < -0.39 is 0 Å². The Morgan fingerprint density at radius 3 is 2.44 bits per heavy atom. The largest absolute Gasteiger partial charge is 0.340 e. The van der Waals surface area contributed by atoms with Crippen LogP contribution in [-0.4, -0.2) is 53.7 Å². The van der Waals surface area contributed by atoms with Gasteiger partial charge in [-0.1, -0.05) is 6.42 Å². The molecule has 1 heterocycles. The first-order valence-corrected chi connectivity index (χ1v) is 6.21. The SMILES string of the molecule is CC(=O)N1CCN(C2CCCCC2=O)CC1. The zero-order valence-corrected chi connectivity index (χ0v) is 9.95. The van der Waals surface area contributed by atoms with Gasteiger partial charge in [-0.05, 0) is 12.8 Å². The molecule has 0 aromatic carbocycles. The first-order chi connectivity index (χ1) is 7.68. The van der Waals surface area contributed by atoms with Gasteiger partial charge in [0.1, 0.15) is 5.78 Å². The minimum Gasteiger partial charge on any atom is -0.340 e. The van der Waals surface area contributed by atoms with Gasteiger partial charge in [0, 0.05) is 39.5 Å². The average Bonchev–Trinajstić information content (AvgIpc) is 2.30. The standard InChI is InChI=1S/C12H20N2O2/c1-10(15)13-6-8-14(9-7-13)11-4-2-3-5-12(11)16/h11H,2-9H2,1H3. The molecular weight excluding hydrogens is 204 g/mol. The highest BCUT2D eigenvalue weighted by molar-refractivity contribution is 5.84. The fourth-order valence-corrected chi connectivity index (χ4v) is 2.70. The van der Waals surface area contributed by atoms with Crippen LogP contribution in [-0.2, 0) is 9.59 Å². The Hall–Kier alpha value is -0.900. The van der Waals surface area contributed by atoms with Crippen LogP contribution in [0.3, 0.4) is 0 Å². The summed E-state index contributed by atoms with van der Waals surface area (Å²) in [7, 11) is 0. The summed E-state index contributed by atoms with van der Waals surface area (Å²) in [6.45, 7) is 4.88. The molecule has 1 aliphatic carbocycles. The highest BCUT2D eigenvalue weighted by Crippen LogP contribution is 2.20. The Kier molecular flexibility index (Phi) is 3.59. The van der Waals surface area contributed by atoms with Crippen LogP contribution in [0.15, 0.2) is 0 Å². The minimum absolute atomic E-state index is 0.142. The molecule has 0 aromatic heterocycles. The number of hydrogen-bond donors (Lipinski definition) is 0. The summed E-state index contributed by atoms with van der Waals surface area (Å²) in [4.78, 5) is 27.1. The zero-order valence-electron chi connectivity index (χ0n) is 9.95. The Morgan fingerprint density at radius 1 is 1.19 bits per heavy atom. The second-order valence-electron chi connectivity index (χ2n) is 4.77. The fourth-order valence-electron chi connectivity index (χ4n) is 2.70. The summed E-state index contributed by atoms with van der Waals surface area (Å²) < 4.78 is 0. The van der Waals surface area contributed by atoms with E-state index >= 15 is 0 Å². The van der Waals surface area contributed by atoms with Crippen molar-refractivity contribution < 1.29 is 9.59 Å². The number of Topliss-reactive ketones (excluding diaryl/α,β-unsaturated/α-hetero) is 1. The van der Waals surface area contributed by atoms with Crippen LogP contribution in [0.5, 0.6) is 0 Å². The van der Waals surface area contributed by atoms with Crippen LogP contribution in [0, 0.1) is 0 Å². The van der Waals surface area contributed by atoms with Crippen molar-refractivity contribution in [3.63, 3.8) is 0 Å². The molecule has 0 radical (unpaired) electrons. The van der Waals surface area contributed by atoms with Crippen LogP contribution >= 0.6 is 0 Å². The van der Waals surface area contributed by atoms with E-state index in [1.54, 1.807) is 6.92 Å². The van der Waals surface area contributed by atoms with E-state index in [4.69, 9.17) is 0 Å². The third-order valence-electron chi connectivity index (χ3n) is 3.72. The van der Waals surface area contributed by atoms with Gasteiger partial charge in [0.25, 0.3) is 0 Å². The Bertz CT molecular complexity index is 283. The molecule has 1 saturated heterocycles. The number of ketones is 1. The van der Waals surface area contributed by atoms with Gasteiger partial charge in [-0.2, -0.15) is 0 Å². The molecule has 1 atom stereocenters. The van der Waals surface area contributed by atoms with Gasteiger partial charge in [0.05, 0.1) is 6.04 Å². The molecule has 2 fully saturated rings. The molecule has 0 N–H and O–H groups in total. The Morgan fingerprint density at radius 2 is 1.88 bits per heavy atom. The maximum atomic E-state index is 11.8. The minimum atomic E-state index is 0.142. The summed E-state index contributed by atoms with van der Waals surface area (Å²) in [6, 6.07) is 0.142. The first kappa shape index (κ1) is 11.6. The van der Waals surface area contributed by atoms with Crippen molar-refractivity contribution in [2.45, 2.75) is 38.6 Å².